The third kappa shape index (κ3) is 6.86. The first-order valence-corrected chi connectivity index (χ1v) is 13.0. The number of anilines is 1. The molecule has 2 aromatic carbocycles. The van der Waals surface area contributed by atoms with Crippen LogP contribution in [0.2, 0.25) is 10.0 Å². The maximum atomic E-state index is 12.8. The van der Waals surface area contributed by atoms with E-state index in [9.17, 15) is 19.8 Å². The first kappa shape index (κ1) is 27.5. The number of rotatable bonds is 9. The number of carbonyl (C=O) groups is 2. The molecule has 2 aliphatic rings. The van der Waals surface area contributed by atoms with Crippen molar-refractivity contribution < 1.29 is 29.6 Å². The molecule has 1 unspecified atom stereocenters. The number of likely N-dealkylation sites (tertiary alicyclic amines) is 1. The molecule has 0 spiro atoms. The van der Waals surface area contributed by atoms with Gasteiger partial charge < -0.3 is 35.2 Å². The largest absolute Gasteiger partial charge is 0.490 e. The lowest BCUT2D eigenvalue weighted by Crippen LogP contribution is -2.50. The highest BCUT2D eigenvalue weighted by atomic mass is 35.5. The van der Waals surface area contributed by atoms with Crippen LogP contribution >= 0.6 is 23.2 Å². The van der Waals surface area contributed by atoms with E-state index in [0.29, 0.717) is 53.8 Å². The Kier molecular flexibility index (Phi) is 9.15. The fourth-order valence-corrected chi connectivity index (χ4v) is 5.29. The second-order valence-corrected chi connectivity index (χ2v) is 10.2. The second-order valence-electron chi connectivity index (χ2n) is 9.37. The molecule has 9 nitrogen and oxygen atoms in total. The van der Waals surface area contributed by atoms with Gasteiger partial charge >= 0.3 is 5.97 Å². The van der Waals surface area contributed by atoms with Gasteiger partial charge in [0, 0.05) is 54.6 Å². The molecule has 2 fully saturated rings. The molecule has 2 atom stereocenters. The summed E-state index contributed by atoms with van der Waals surface area (Å²) in [5.74, 6) is -0.658. The summed E-state index contributed by atoms with van der Waals surface area (Å²) in [7, 11) is 0. The van der Waals surface area contributed by atoms with Crippen LogP contribution in [-0.4, -0.2) is 89.7 Å². The number of nitrogens with zero attached hydrogens (tertiary/aromatic N) is 2. The van der Waals surface area contributed by atoms with Crippen molar-refractivity contribution in [1.29, 1.82) is 0 Å². The van der Waals surface area contributed by atoms with Crippen LogP contribution < -0.4 is 15.0 Å². The second kappa shape index (κ2) is 12.3. The molecule has 2 aromatic rings. The van der Waals surface area contributed by atoms with E-state index in [2.05, 4.69) is 5.32 Å². The van der Waals surface area contributed by atoms with Crippen LogP contribution in [0.5, 0.6) is 5.75 Å². The average Bonchev–Trinajstić information content (AvgIpc) is 3.23. The number of halogens is 2. The van der Waals surface area contributed by atoms with E-state index < -0.39 is 12.1 Å². The van der Waals surface area contributed by atoms with Gasteiger partial charge in [-0.15, -0.1) is 0 Å². The van der Waals surface area contributed by atoms with E-state index in [4.69, 9.17) is 33.0 Å². The highest BCUT2D eigenvalue weighted by Crippen LogP contribution is 2.35. The number of β-amino-alcohol motifs (C(OH)–C–C–N with tert-alkyl or cyclic N) is 1. The van der Waals surface area contributed by atoms with Gasteiger partial charge in [0.2, 0.25) is 0 Å². The number of benzene rings is 2. The maximum absolute atomic E-state index is 12.8. The standard InChI is InChI=1S/C26H31Cl2N3O6/c27-18-3-1-16(2-4-18)26(36)30-7-5-19(6-8-30)29-21-14-31(15-23(21)33)22-13-24(37-10-9-32)20(28)11-17(22)12-25(34)35/h1-4,11,13,19,21,23,29,32-33H,5-10,12,14-15H2,(H,34,35)/t21?,23-/m1/s1. The summed E-state index contributed by atoms with van der Waals surface area (Å²) in [6, 6.07) is 10.0. The maximum Gasteiger partial charge on any atom is 0.307 e. The average molecular weight is 552 g/mol. The molecule has 0 bridgehead atoms. The van der Waals surface area contributed by atoms with Gasteiger partial charge in [0.15, 0.2) is 0 Å². The third-order valence-electron chi connectivity index (χ3n) is 6.78. The summed E-state index contributed by atoms with van der Waals surface area (Å²) in [6.07, 6.45) is 0.629. The molecule has 37 heavy (non-hydrogen) atoms. The zero-order chi connectivity index (χ0) is 26.5. The molecule has 0 saturated carbocycles. The Balaban J connectivity index is 1.38. The van der Waals surface area contributed by atoms with E-state index in [0.717, 1.165) is 12.8 Å². The van der Waals surface area contributed by atoms with Gasteiger partial charge in [0.05, 0.1) is 30.2 Å². The highest BCUT2D eigenvalue weighted by molar-refractivity contribution is 6.32. The molecule has 1 amide bonds. The number of aliphatic hydroxyl groups excluding tert-OH is 2. The van der Waals surface area contributed by atoms with E-state index in [-0.39, 0.29) is 42.6 Å². The van der Waals surface area contributed by atoms with Gasteiger partial charge in [0.25, 0.3) is 5.91 Å². The molecule has 2 aliphatic heterocycles. The van der Waals surface area contributed by atoms with E-state index >= 15 is 0 Å². The number of piperidine rings is 1. The SMILES string of the molecule is O=C(O)Cc1cc(Cl)c(OCCO)cc1N1CC(NC2CCN(C(=O)c3ccc(Cl)cc3)CC2)[C@H](O)C1. The van der Waals surface area contributed by atoms with Crippen molar-refractivity contribution >= 4 is 40.8 Å². The monoisotopic (exact) mass is 551 g/mol. The lowest BCUT2D eigenvalue weighted by molar-refractivity contribution is -0.136. The molecule has 0 aliphatic carbocycles. The summed E-state index contributed by atoms with van der Waals surface area (Å²) < 4.78 is 5.52. The van der Waals surface area contributed by atoms with E-state index in [1.807, 2.05) is 9.80 Å². The fourth-order valence-electron chi connectivity index (χ4n) is 4.92. The molecule has 0 radical (unpaired) electrons. The smallest absolute Gasteiger partial charge is 0.307 e. The summed E-state index contributed by atoms with van der Waals surface area (Å²) >= 11 is 12.2. The number of ether oxygens (including phenoxy) is 1. The van der Waals surface area contributed by atoms with Gasteiger partial charge in [-0.1, -0.05) is 23.2 Å². The number of hydrogen-bond donors (Lipinski definition) is 4. The Morgan fingerprint density at radius 2 is 1.78 bits per heavy atom. The minimum absolute atomic E-state index is 0.0184. The van der Waals surface area contributed by atoms with Crippen molar-refractivity contribution in [3.63, 3.8) is 0 Å². The molecule has 2 saturated heterocycles. The number of aliphatic hydroxyl groups is 2. The normalized spacial score (nSPS) is 20.3. The number of amides is 1. The number of hydrogen-bond acceptors (Lipinski definition) is 7. The summed E-state index contributed by atoms with van der Waals surface area (Å²) in [4.78, 5) is 28.0. The molecular formula is C26H31Cl2N3O6. The lowest BCUT2D eigenvalue weighted by Gasteiger charge is -2.34. The molecular weight excluding hydrogens is 521 g/mol. The van der Waals surface area contributed by atoms with E-state index in [1.165, 1.54) is 0 Å². The number of carboxylic acid groups (broad SMARTS) is 1. The van der Waals surface area contributed by atoms with Crippen molar-refractivity contribution in [2.24, 2.45) is 0 Å². The molecule has 11 heteroatoms. The zero-order valence-electron chi connectivity index (χ0n) is 20.3. The van der Waals surface area contributed by atoms with Gasteiger partial charge in [0.1, 0.15) is 12.4 Å². The first-order valence-electron chi connectivity index (χ1n) is 12.3. The van der Waals surface area contributed by atoms with Crippen molar-refractivity contribution in [2.75, 3.05) is 44.3 Å². The predicted molar refractivity (Wildman–Crippen MR) is 141 cm³/mol. The topological polar surface area (TPSA) is 123 Å². The quantitative estimate of drug-likeness (QED) is 0.374. The zero-order valence-corrected chi connectivity index (χ0v) is 21.8. The van der Waals surface area contributed by atoms with Crippen LogP contribution in [0.4, 0.5) is 5.69 Å². The Labute approximate surface area is 225 Å². The van der Waals surface area contributed by atoms with Crippen LogP contribution in [0.25, 0.3) is 0 Å². The minimum atomic E-state index is -0.990. The minimum Gasteiger partial charge on any atom is -0.490 e. The number of carbonyl (C=O) groups excluding carboxylic acids is 1. The number of aliphatic carboxylic acids is 1. The van der Waals surface area contributed by atoms with Crippen molar-refractivity contribution in [2.45, 2.75) is 37.5 Å². The van der Waals surface area contributed by atoms with E-state index in [1.54, 1.807) is 36.4 Å². The molecule has 4 rings (SSSR count). The van der Waals surface area contributed by atoms with Gasteiger partial charge in [-0.25, -0.2) is 0 Å². The molecule has 4 N–H and O–H groups in total. The number of nitrogens with one attached hydrogen (secondary N) is 1. The lowest BCUT2D eigenvalue weighted by atomic mass is 10.0. The Bertz CT molecular complexity index is 1110. The van der Waals surface area contributed by atoms with Crippen LogP contribution in [0.1, 0.15) is 28.8 Å². The van der Waals surface area contributed by atoms with Crippen LogP contribution in [-0.2, 0) is 11.2 Å². The Morgan fingerprint density at radius 1 is 1.08 bits per heavy atom. The predicted octanol–water partition coefficient (Wildman–Crippen LogP) is 2.44. The van der Waals surface area contributed by atoms with Crippen LogP contribution in [0.15, 0.2) is 36.4 Å². The number of carboxylic acids is 1. The first-order chi connectivity index (χ1) is 17.7. The molecule has 200 valence electrons. The van der Waals surface area contributed by atoms with Crippen molar-refractivity contribution in [1.82, 2.24) is 10.2 Å². The summed E-state index contributed by atoms with van der Waals surface area (Å²) in [6.45, 7) is 1.89. The summed E-state index contributed by atoms with van der Waals surface area (Å²) in [5.41, 5.74) is 1.77. The molecule has 0 aromatic heterocycles. The van der Waals surface area contributed by atoms with Gasteiger partial charge in [-0.2, -0.15) is 0 Å². The Hall–Kier alpha value is -2.56. The summed E-state index contributed by atoms with van der Waals surface area (Å²) in [5, 5.41) is 33.7. The third-order valence-corrected chi connectivity index (χ3v) is 7.32. The van der Waals surface area contributed by atoms with Gasteiger partial charge in [-0.05, 0) is 48.7 Å². The fraction of sp³-hybridized carbons (Fsp3) is 0.462. The van der Waals surface area contributed by atoms with Crippen LogP contribution in [0, 0.1) is 0 Å². The van der Waals surface area contributed by atoms with Crippen LogP contribution in [0.3, 0.4) is 0 Å². The van der Waals surface area contributed by atoms with Crippen molar-refractivity contribution in [3.05, 3.63) is 57.6 Å². The van der Waals surface area contributed by atoms with Crippen molar-refractivity contribution in [3.8, 4) is 5.75 Å². The van der Waals surface area contributed by atoms with Gasteiger partial charge in [-0.3, -0.25) is 9.59 Å². The Morgan fingerprint density at radius 3 is 2.43 bits per heavy atom. The highest BCUT2D eigenvalue weighted by Gasteiger charge is 2.35. The molecule has 2 heterocycles.